The van der Waals surface area contributed by atoms with Crippen molar-refractivity contribution in [2.45, 2.75) is 25.9 Å². The van der Waals surface area contributed by atoms with Gasteiger partial charge in [0.15, 0.2) is 0 Å². The van der Waals surface area contributed by atoms with Gasteiger partial charge in [0.1, 0.15) is 0 Å². The summed E-state index contributed by atoms with van der Waals surface area (Å²) < 4.78 is 0. The molecule has 2 N–H and O–H groups in total. The first kappa shape index (κ1) is 10.9. The van der Waals surface area contributed by atoms with Crippen LogP contribution < -0.4 is 5.73 Å². The zero-order chi connectivity index (χ0) is 10.8. The zero-order valence-electron chi connectivity index (χ0n) is 9.04. The van der Waals surface area contributed by atoms with Crippen LogP contribution in [0.3, 0.4) is 0 Å². The second kappa shape index (κ2) is 4.52. The van der Waals surface area contributed by atoms with Gasteiger partial charge in [0.2, 0.25) is 0 Å². The fraction of sp³-hybridized carbons (Fsp3) is 0.500. The number of rotatable bonds is 3. The Kier molecular flexibility index (Phi) is 3.29. The largest absolute Gasteiger partial charge is 0.329 e. The third-order valence-electron chi connectivity index (χ3n) is 3.22. The number of halogens is 1. The zero-order valence-corrected chi connectivity index (χ0v) is 9.80. The van der Waals surface area contributed by atoms with Crippen LogP contribution in [0.5, 0.6) is 0 Å². The topological polar surface area (TPSA) is 29.3 Å². The molecule has 0 spiro atoms. The maximum atomic E-state index is 5.92. The molecule has 0 aliphatic carbocycles. The first-order chi connectivity index (χ1) is 7.20. The molecule has 1 aliphatic rings. The summed E-state index contributed by atoms with van der Waals surface area (Å²) in [5.74, 6) is 0. The van der Waals surface area contributed by atoms with Gasteiger partial charge in [0.25, 0.3) is 0 Å². The standard InChI is InChI=1S/C12H17ClN2/c1-9-6-11(13)3-2-10(9)8-15-5-4-12(15)7-14/h2-3,6,12H,4-5,7-8,14H2,1H3. The molecule has 0 saturated carbocycles. The summed E-state index contributed by atoms with van der Waals surface area (Å²) in [6.45, 7) is 5.06. The van der Waals surface area contributed by atoms with Gasteiger partial charge in [-0.15, -0.1) is 0 Å². The van der Waals surface area contributed by atoms with E-state index in [1.807, 2.05) is 12.1 Å². The molecule has 1 atom stereocenters. The van der Waals surface area contributed by atoms with Crippen LogP contribution in [0.4, 0.5) is 0 Å². The molecule has 1 unspecified atom stereocenters. The van der Waals surface area contributed by atoms with Gasteiger partial charge in [-0.25, -0.2) is 0 Å². The molecule has 0 amide bonds. The molecule has 3 heteroatoms. The first-order valence-electron chi connectivity index (χ1n) is 5.40. The molecule has 1 saturated heterocycles. The number of aryl methyl sites for hydroxylation is 1. The number of benzene rings is 1. The van der Waals surface area contributed by atoms with Crippen molar-refractivity contribution in [3.8, 4) is 0 Å². The van der Waals surface area contributed by atoms with E-state index in [4.69, 9.17) is 17.3 Å². The molecule has 1 heterocycles. The molecule has 2 nitrogen and oxygen atoms in total. The lowest BCUT2D eigenvalue weighted by molar-refractivity contribution is 0.0880. The SMILES string of the molecule is Cc1cc(Cl)ccc1CN1CCC1CN. The van der Waals surface area contributed by atoms with E-state index in [2.05, 4.69) is 17.9 Å². The average Bonchev–Trinajstić information content (AvgIpc) is 2.15. The molecule has 82 valence electrons. The predicted octanol–water partition coefficient (Wildman–Crippen LogP) is 2.18. The van der Waals surface area contributed by atoms with Crippen molar-refractivity contribution in [1.82, 2.24) is 4.90 Å². The van der Waals surface area contributed by atoms with Crippen molar-refractivity contribution in [2.75, 3.05) is 13.1 Å². The van der Waals surface area contributed by atoms with Gasteiger partial charge < -0.3 is 5.73 Å². The Morgan fingerprint density at radius 1 is 1.53 bits per heavy atom. The smallest absolute Gasteiger partial charge is 0.0408 e. The van der Waals surface area contributed by atoms with E-state index in [9.17, 15) is 0 Å². The van der Waals surface area contributed by atoms with Crippen LogP contribution >= 0.6 is 11.6 Å². The second-order valence-electron chi connectivity index (χ2n) is 4.22. The van der Waals surface area contributed by atoms with Gasteiger partial charge in [-0.1, -0.05) is 17.7 Å². The molecule has 0 aromatic heterocycles. The van der Waals surface area contributed by atoms with Crippen molar-refractivity contribution >= 4 is 11.6 Å². The van der Waals surface area contributed by atoms with Gasteiger partial charge in [0.05, 0.1) is 0 Å². The molecule has 1 fully saturated rings. The number of nitrogens with two attached hydrogens (primary N) is 1. The van der Waals surface area contributed by atoms with Gasteiger partial charge in [0, 0.05) is 30.7 Å². The summed E-state index contributed by atoms with van der Waals surface area (Å²) in [7, 11) is 0. The maximum absolute atomic E-state index is 5.92. The van der Waals surface area contributed by atoms with Gasteiger partial charge >= 0.3 is 0 Å². The van der Waals surface area contributed by atoms with Crippen LogP contribution in [-0.4, -0.2) is 24.0 Å². The van der Waals surface area contributed by atoms with E-state index in [0.717, 1.165) is 18.1 Å². The van der Waals surface area contributed by atoms with Gasteiger partial charge in [-0.05, 0) is 36.6 Å². The third kappa shape index (κ3) is 2.33. The van der Waals surface area contributed by atoms with Gasteiger partial charge in [-0.2, -0.15) is 0 Å². The highest BCUT2D eigenvalue weighted by molar-refractivity contribution is 6.30. The summed E-state index contributed by atoms with van der Waals surface area (Å²) in [5, 5.41) is 0.815. The van der Waals surface area contributed by atoms with Crippen molar-refractivity contribution in [3.05, 3.63) is 34.3 Å². The van der Waals surface area contributed by atoms with Crippen molar-refractivity contribution in [1.29, 1.82) is 0 Å². The van der Waals surface area contributed by atoms with Crippen LogP contribution in [0.2, 0.25) is 5.02 Å². The predicted molar refractivity (Wildman–Crippen MR) is 64.1 cm³/mol. The Balaban J connectivity index is 2.04. The molecule has 1 aromatic carbocycles. The molecule has 1 aliphatic heterocycles. The van der Waals surface area contributed by atoms with E-state index in [0.29, 0.717) is 6.04 Å². The maximum Gasteiger partial charge on any atom is 0.0408 e. The monoisotopic (exact) mass is 224 g/mol. The van der Waals surface area contributed by atoms with Crippen LogP contribution in [0.15, 0.2) is 18.2 Å². The Morgan fingerprint density at radius 3 is 2.87 bits per heavy atom. The summed E-state index contributed by atoms with van der Waals surface area (Å²) >= 11 is 5.92. The van der Waals surface area contributed by atoms with Gasteiger partial charge in [-0.3, -0.25) is 4.90 Å². The molecule has 1 aromatic rings. The number of nitrogens with zero attached hydrogens (tertiary/aromatic N) is 1. The third-order valence-corrected chi connectivity index (χ3v) is 3.45. The van der Waals surface area contributed by atoms with Crippen molar-refractivity contribution in [2.24, 2.45) is 5.73 Å². The highest BCUT2D eigenvalue weighted by Crippen LogP contribution is 2.22. The fourth-order valence-corrected chi connectivity index (χ4v) is 2.25. The highest BCUT2D eigenvalue weighted by atomic mass is 35.5. The lowest BCUT2D eigenvalue weighted by Gasteiger charge is -2.40. The van der Waals surface area contributed by atoms with E-state index < -0.39 is 0 Å². The minimum Gasteiger partial charge on any atom is -0.329 e. The molecule has 2 rings (SSSR count). The Labute approximate surface area is 96.0 Å². The molecule has 0 bridgehead atoms. The van der Waals surface area contributed by atoms with E-state index in [-0.39, 0.29) is 0 Å². The number of hydrogen-bond acceptors (Lipinski definition) is 2. The first-order valence-corrected chi connectivity index (χ1v) is 5.77. The van der Waals surface area contributed by atoms with Crippen LogP contribution in [0.1, 0.15) is 17.5 Å². The van der Waals surface area contributed by atoms with Crippen LogP contribution in [-0.2, 0) is 6.54 Å². The molecular weight excluding hydrogens is 208 g/mol. The molecule has 0 radical (unpaired) electrons. The molecular formula is C12H17ClN2. The highest BCUT2D eigenvalue weighted by Gasteiger charge is 2.26. The Morgan fingerprint density at radius 2 is 2.33 bits per heavy atom. The lowest BCUT2D eigenvalue weighted by atomic mass is 10.0. The fourth-order valence-electron chi connectivity index (χ4n) is 2.02. The van der Waals surface area contributed by atoms with E-state index >= 15 is 0 Å². The number of likely N-dealkylation sites (tertiary alicyclic amines) is 1. The summed E-state index contributed by atoms with van der Waals surface area (Å²) in [4.78, 5) is 2.43. The molecule has 15 heavy (non-hydrogen) atoms. The second-order valence-corrected chi connectivity index (χ2v) is 4.66. The average molecular weight is 225 g/mol. The van der Waals surface area contributed by atoms with Crippen molar-refractivity contribution < 1.29 is 0 Å². The minimum atomic E-state index is 0.583. The summed E-state index contributed by atoms with van der Waals surface area (Å²) in [5.41, 5.74) is 8.30. The van der Waals surface area contributed by atoms with Crippen LogP contribution in [0.25, 0.3) is 0 Å². The quantitative estimate of drug-likeness (QED) is 0.853. The van der Waals surface area contributed by atoms with Crippen LogP contribution in [0, 0.1) is 6.92 Å². The summed E-state index contributed by atoms with van der Waals surface area (Å²) in [6.07, 6.45) is 1.24. The Bertz CT molecular complexity index is 349. The van der Waals surface area contributed by atoms with E-state index in [1.165, 1.54) is 24.1 Å². The minimum absolute atomic E-state index is 0.583. The number of hydrogen-bond donors (Lipinski definition) is 1. The van der Waals surface area contributed by atoms with E-state index in [1.54, 1.807) is 0 Å². The summed E-state index contributed by atoms with van der Waals surface area (Å²) in [6, 6.07) is 6.68. The normalized spacial score (nSPS) is 21.4. The lowest BCUT2D eigenvalue weighted by Crippen LogP contribution is -2.50. The van der Waals surface area contributed by atoms with Crippen molar-refractivity contribution in [3.63, 3.8) is 0 Å². The Hall–Kier alpha value is -0.570.